The van der Waals surface area contributed by atoms with Gasteiger partial charge in [0.25, 0.3) is 0 Å². The van der Waals surface area contributed by atoms with E-state index >= 15 is 0 Å². The molecule has 5 rings (SSSR count). The van der Waals surface area contributed by atoms with Gasteiger partial charge in [-0.3, -0.25) is 9.59 Å². The number of aliphatic carboxylic acids is 2. The number of hydrogen-bond acceptors (Lipinski definition) is 2. The van der Waals surface area contributed by atoms with Crippen molar-refractivity contribution in [1.82, 2.24) is 0 Å². The summed E-state index contributed by atoms with van der Waals surface area (Å²) in [6.07, 6.45) is 8.60. The highest BCUT2D eigenvalue weighted by Crippen LogP contribution is 2.72. The second-order valence-electron chi connectivity index (χ2n) is 10.7. The van der Waals surface area contributed by atoms with E-state index in [1.807, 2.05) is 6.92 Å². The number of rotatable bonds is 3. The molecule has 5 aliphatic carbocycles. The topological polar surface area (TPSA) is 74.6 Å². The van der Waals surface area contributed by atoms with Crippen molar-refractivity contribution in [2.45, 2.75) is 72.6 Å². The van der Waals surface area contributed by atoms with Gasteiger partial charge in [-0.2, -0.15) is 0 Å². The molecular weight excluding hydrogens is 340 g/mol. The van der Waals surface area contributed by atoms with E-state index in [0.29, 0.717) is 17.8 Å². The van der Waals surface area contributed by atoms with Gasteiger partial charge < -0.3 is 10.2 Å². The highest BCUT2D eigenvalue weighted by Gasteiger charge is 2.67. The van der Waals surface area contributed by atoms with Gasteiger partial charge in [-0.1, -0.05) is 38.8 Å². The lowest BCUT2D eigenvalue weighted by atomic mass is 9.36. The van der Waals surface area contributed by atoms with E-state index in [9.17, 15) is 19.8 Å². The molecule has 4 nitrogen and oxygen atoms in total. The van der Waals surface area contributed by atoms with Crippen LogP contribution < -0.4 is 0 Å². The lowest BCUT2D eigenvalue weighted by molar-refractivity contribution is -0.195. The van der Waals surface area contributed by atoms with Crippen molar-refractivity contribution in [2.75, 3.05) is 0 Å². The molecule has 0 heterocycles. The molecule has 0 aromatic rings. The third-order valence-electron chi connectivity index (χ3n) is 9.34. The Bertz CT molecular complexity index is 709. The second-order valence-corrected chi connectivity index (χ2v) is 10.7. The summed E-state index contributed by atoms with van der Waals surface area (Å²) in [4.78, 5) is 24.4. The number of carbonyl (C=O) groups is 2. The van der Waals surface area contributed by atoms with Crippen LogP contribution in [-0.2, 0) is 9.59 Å². The standard InChI is InChI=1S/C23H34O4/c1-13(2)15-12-23-9-6-17-21(3,7-5-8-22(17,4)20(26)27)18(23)11-14(15)10-16(23)19(24)25/h12-14,16-18H,5-11H2,1-4H3,(H,24,25)(H,26,27). The predicted molar refractivity (Wildman–Crippen MR) is 103 cm³/mol. The Hall–Kier alpha value is -1.32. The number of fused-ring (bicyclic) bond motifs is 2. The number of hydrogen-bond donors (Lipinski definition) is 2. The molecule has 7 atom stereocenters. The van der Waals surface area contributed by atoms with Crippen LogP contribution >= 0.6 is 0 Å². The summed E-state index contributed by atoms with van der Waals surface area (Å²) < 4.78 is 0. The Balaban J connectivity index is 1.83. The van der Waals surface area contributed by atoms with Crippen LogP contribution in [0.25, 0.3) is 0 Å². The smallest absolute Gasteiger partial charge is 0.309 e. The van der Waals surface area contributed by atoms with E-state index in [-0.39, 0.29) is 22.7 Å². The molecule has 150 valence electrons. The molecule has 0 amide bonds. The monoisotopic (exact) mass is 374 g/mol. The first-order valence-electron chi connectivity index (χ1n) is 10.7. The van der Waals surface area contributed by atoms with E-state index in [4.69, 9.17) is 0 Å². The zero-order valence-corrected chi connectivity index (χ0v) is 17.1. The van der Waals surface area contributed by atoms with Crippen molar-refractivity contribution in [3.8, 4) is 0 Å². The molecule has 0 saturated heterocycles. The molecule has 3 saturated carbocycles. The minimum absolute atomic E-state index is 0.0744. The van der Waals surface area contributed by atoms with E-state index in [1.165, 1.54) is 5.57 Å². The second kappa shape index (κ2) is 5.84. The molecular formula is C23H34O4. The lowest BCUT2D eigenvalue weighted by Gasteiger charge is -2.67. The summed E-state index contributed by atoms with van der Waals surface area (Å²) in [7, 11) is 0. The first-order valence-corrected chi connectivity index (χ1v) is 10.7. The first-order chi connectivity index (χ1) is 12.6. The van der Waals surface area contributed by atoms with Gasteiger partial charge in [0.2, 0.25) is 0 Å². The van der Waals surface area contributed by atoms with Gasteiger partial charge in [0, 0.05) is 5.41 Å². The van der Waals surface area contributed by atoms with E-state index in [2.05, 4.69) is 26.8 Å². The Morgan fingerprint density at radius 3 is 2.37 bits per heavy atom. The first kappa shape index (κ1) is 19.0. The van der Waals surface area contributed by atoms with Gasteiger partial charge in [0.05, 0.1) is 11.3 Å². The SMILES string of the molecule is CC(C)C1=CC23CCC4C(C)(C(=O)O)CCCC4(C)C2CC1CC3C(=O)O. The van der Waals surface area contributed by atoms with Crippen LogP contribution in [0.4, 0.5) is 0 Å². The maximum Gasteiger partial charge on any atom is 0.309 e. The van der Waals surface area contributed by atoms with E-state index in [1.54, 1.807) is 0 Å². The van der Waals surface area contributed by atoms with Crippen molar-refractivity contribution in [3.63, 3.8) is 0 Å². The van der Waals surface area contributed by atoms with Crippen LogP contribution in [0.15, 0.2) is 11.6 Å². The summed E-state index contributed by atoms with van der Waals surface area (Å²) in [5.74, 6) is -0.359. The van der Waals surface area contributed by atoms with Crippen molar-refractivity contribution in [1.29, 1.82) is 0 Å². The summed E-state index contributed by atoms with van der Waals surface area (Å²) in [5, 5.41) is 20.1. The molecule has 3 fully saturated rings. The van der Waals surface area contributed by atoms with E-state index in [0.717, 1.165) is 44.9 Å². The molecule has 0 aromatic heterocycles. The Morgan fingerprint density at radius 2 is 1.78 bits per heavy atom. The van der Waals surface area contributed by atoms with Gasteiger partial charge in [-0.15, -0.1) is 0 Å². The van der Waals surface area contributed by atoms with Crippen LogP contribution in [0.2, 0.25) is 0 Å². The molecule has 27 heavy (non-hydrogen) atoms. The van der Waals surface area contributed by atoms with Crippen molar-refractivity contribution >= 4 is 11.9 Å². The molecule has 1 spiro atoms. The minimum atomic E-state index is -0.672. The van der Waals surface area contributed by atoms with Gasteiger partial charge in [-0.25, -0.2) is 0 Å². The van der Waals surface area contributed by atoms with Crippen molar-refractivity contribution in [2.24, 2.45) is 45.8 Å². The Morgan fingerprint density at radius 1 is 1.07 bits per heavy atom. The third kappa shape index (κ3) is 2.34. The molecule has 4 heteroatoms. The summed E-state index contributed by atoms with van der Waals surface area (Å²) in [5.41, 5.74) is 0.439. The zero-order valence-electron chi connectivity index (χ0n) is 17.1. The fourth-order valence-electron chi connectivity index (χ4n) is 8.15. The van der Waals surface area contributed by atoms with Crippen LogP contribution in [0.3, 0.4) is 0 Å². The molecule has 2 bridgehead atoms. The number of carboxylic acids is 2. The third-order valence-corrected chi connectivity index (χ3v) is 9.34. The average Bonchev–Trinajstić information content (AvgIpc) is 2.60. The predicted octanol–water partition coefficient (Wildman–Crippen LogP) is 4.99. The lowest BCUT2D eigenvalue weighted by Crippen LogP contribution is -2.63. The number of carboxylic acid groups (broad SMARTS) is 2. The zero-order chi connectivity index (χ0) is 19.8. The van der Waals surface area contributed by atoms with Gasteiger partial charge in [0.15, 0.2) is 0 Å². The Kier molecular flexibility index (Phi) is 4.11. The average molecular weight is 375 g/mol. The molecule has 7 unspecified atom stereocenters. The normalized spacial score (nSPS) is 48.6. The van der Waals surface area contributed by atoms with Gasteiger partial charge in [-0.05, 0) is 74.5 Å². The van der Waals surface area contributed by atoms with Crippen LogP contribution in [-0.4, -0.2) is 22.2 Å². The largest absolute Gasteiger partial charge is 0.481 e. The summed E-state index contributed by atoms with van der Waals surface area (Å²) >= 11 is 0. The molecule has 2 N–H and O–H groups in total. The van der Waals surface area contributed by atoms with Crippen molar-refractivity contribution < 1.29 is 19.8 Å². The Labute approximate surface area is 162 Å². The molecule has 5 aliphatic rings. The van der Waals surface area contributed by atoms with Crippen LogP contribution in [0.1, 0.15) is 72.6 Å². The fraction of sp³-hybridized carbons (Fsp3) is 0.826. The van der Waals surface area contributed by atoms with Crippen molar-refractivity contribution in [3.05, 3.63) is 11.6 Å². The highest BCUT2D eigenvalue weighted by molar-refractivity contribution is 5.75. The minimum Gasteiger partial charge on any atom is -0.481 e. The molecule has 0 aliphatic heterocycles. The van der Waals surface area contributed by atoms with Gasteiger partial charge in [0.1, 0.15) is 0 Å². The maximum atomic E-state index is 12.2. The maximum absolute atomic E-state index is 12.2. The molecule has 0 aromatic carbocycles. The summed E-state index contributed by atoms with van der Waals surface area (Å²) in [6.45, 7) is 8.69. The van der Waals surface area contributed by atoms with Gasteiger partial charge >= 0.3 is 11.9 Å². The molecule has 0 radical (unpaired) electrons. The summed E-state index contributed by atoms with van der Waals surface area (Å²) in [6, 6.07) is 0. The highest BCUT2D eigenvalue weighted by atomic mass is 16.4. The number of allylic oxidation sites excluding steroid dienone is 2. The fourth-order valence-corrected chi connectivity index (χ4v) is 8.15. The van der Waals surface area contributed by atoms with Crippen LogP contribution in [0.5, 0.6) is 0 Å². The van der Waals surface area contributed by atoms with Crippen LogP contribution in [0, 0.1) is 45.8 Å². The quantitative estimate of drug-likeness (QED) is 0.683. The van der Waals surface area contributed by atoms with E-state index < -0.39 is 17.4 Å².